The predicted molar refractivity (Wildman–Crippen MR) is 108 cm³/mol. The molecule has 148 valence electrons. The van der Waals surface area contributed by atoms with Gasteiger partial charge in [0.25, 0.3) is 5.56 Å². The van der Waals surface area contributed by atoms with E-state index in [9.17, 15) is 9.59 Å². The number of hydrogen-bond donors (Lipinski definition) is 1. The van der Waals surface area contributed by atoms with Gasteiger partial charge in [-0.05, 0) is 36.5 Å². The van der Waals surface area contributed by atoms with E-state index in [1.165, 1.54) is 5.56 Å². The zero-order chi connectivity index (χ0) is 19.5. The minimum absolute atomic E-state index is 0.0115. The van der Waals surface area contributed by atoms with Crippen LogP contribution >= 0.6 is 0 Å². The van der Waals surface area contributed by atoms with Crippen molar-refractivity contribution >= 4 is 5.91 Å². The highest BCUT2D eigenvalue weighted by Crippen LogP contribution is 2.41. The van der Waals surface area contributed by atoms with Crippen LogP contribution in [0.4, 0.5) is 0 Å². The molecule has 1 N–H and O–H groups in total. The van der Waals surface area contributed by atoms with E-state index in [0.29, 0.717) is 24.8 Å². The minimum atomic E-state index is 0.0115. The lowest BCUT2D eigenvalue weighted by Crippen LogP contribution is -2.51. The van der Waals surface area contributed by atoms with Gasteiger partial charge in [0.15, 0.2) is 0 Å². The van der Waals surface area contributed by atoms with E-state index in [4.69, 9.17) is 0 Å². The third-order valence-corrected chi connectivity index (χ3v) is 5.99. The van der Waals surface area contributed by atoms with Crippen LogP contribution in [-0.4, -0.2) is 40.0 Å². The molecule has 3 atom stereocenters. The third-order valence-electron chi connectivity index (χ3n) is 5.99. The summed E-state index contributed by atoms with van der Waals surface area (Å²) in [5, 5.41) is 3.06. The molecule has 0 spiro atoms. The second-order valence-corrected chi connectivity index (χ2v) is 8.03. The fourth-order valence-electron chi connectivity index (χ4n) is 4.81. The molecule has 0 aromatic carbocycles. The molecule has 2 aromatic heterocycles. The van der Waals surface area contributed by atoms with Crippen LogP contribution in [-0.2, 0) is 11.3 Å². The maximum atomic E-state index is 12.7. The van der Waals surface area contributed by atoms with Gasteiger partial charge in [-0.2, -0.15) is 0 Å². The van der Waals surface area contributed by atoms with E-state index in [-0.39, 0.29) is 17.5 Å². The van der Waals surface area contributed by atoms with E-state index in [0.717, 1.165) is 38.2 Å². The van der Waals surface area contributed by atoms with Crippen LogP contribution < -0.4 is 10.9 Å². The zero-order valence-corrected chi connectivity index (χ0v) is 16.4. The summed E-state index contributed by atoms with van der Waals surface area (Å²) < 4.78 is 1.95. The number of carbonyl (C=O) groups is 1. The van der Waals surface area contributed by atoms with Crippen molar-refractivity contribution in [3.8, 4) is 0 Å². The lowest BCUT2D eigenvalue weighted by atomic mass is 9.78. The molecule has 1 amide bonds. The van der Waals surface area contributed by atoms with Crippen LogP contribution in [0, 0.1) is 5.92 Å². The highest BCUT2D eigenvalue weighted by Gasteiger charge is 2.40. The van der Waals surface area contributed by atoms with Crippen LogP contribution in [0.25, 0.3) is 0 Å². The summed E-state index contributed by atoms with van der Waals surface area (Å²) in [6.45, 7) is 5.27. The second kappa shape index (κ2) is 8.27. The zero-order valence-electron chi connectivity index (χ0n) is 16.4. The van der Waals surface area contributed by atoms with Gasteiger partial charge >= 0.3 is 0 Å². The molecule has 2 bridgehead atoms. The maximum Gasteiger partial charge on any atom is 0.251 e. The van der Waals surface area contributed by atoms with Gasteiger partial charge in [0.1, 0.15) is 0 Å². The highest BCUT2D eigenvalue weighted by molar-refractivity contribution is 5.75. The number of nitrogens with zero attached hydrogens (tertiary/aromatic N) is 3. The third kappa shape index (κ3) is 3.87. The largest absolute Gasteiger partial charge is 0.354 e. The van der Waals surface area contributed by atoms with Crippen LogP contribution in [0.3, 0.4) is 0 Å². The van der Waals surface area contributed by atoms with Crippen molar-refractivity contribution in [1.82, 2.24) is 19.8 Å². The first-order chi connectivity index (χ1) is 13.7. The summed E-state index contributed by atoms with van der Waals surface area (Å²) in [6.07, 6.45) is 6.15. The number of carbonyl (C=O) groups excluding carboxylic acids is 1. The summed E-state index contributed by atoms with van der Waals surface area (Å²) in [5.74, 6) is 0.773. The molecule has 0 unspecified atom stereocenters. The fraction of sp³-hybridized carbons (Fsp3) is 0.500. The van der Waals surface area contributed by atoms with Crippen molar-refractivity contribution in [1.29, 1.82) is 0 Å². The number of fused-ring (bicyclic) bond motifs is 4. The van der Waals surface area contributed by atoms with Gasteiger partial charge in [-0.1, -0.05) is 19.1 Å². The van der Waals surface area contributed by atoms with E-state index in [2.05, 4.69) is 27.3 Å². The number of pyridine rings is 2. The van der Waals surface area contributed by atoms with Gasteiger partial charge < -0.3 is 9.88 Å². The quantitative estimate of drug-likeness (QED) is 0.835. The average molecular weight is 380 g/mol. The van der Waals surface area contributed by atoms with Crippen LogP contribution in [0.15, 0.2) is 47.5 Å². The predicted octanol–water partition coefficient (Wildman–Crippen LogP) is 2.32. The van der Waals surface area contributed by atoms with Gasteiger partial charge in [0, 0.05) is 62.7 Å². The smallest absolute Gasteiger partial charge is 0.251 e. The summed E-state index contributed by atoms with van der Waals surface area (Å²) >= 11 is 0. The number of likely N-dealkylation sites (tertiary alicyclic amines) is 1. The lowest BCUT2D eigenvalue weighted by Gasteiger charge is -2.47. The number of nitrogens with one attached hydrogen (secondary N) is 1. The van der Waals surface area contributed by atoms with Crippen molar-refractivity contribution in [3.63, 3.8) is 0 Å². The Labute approximate surface area is 165 Å². The van der Waals surface area contributed by atoms with Crippen molar-refractivity contribution in [3.05, 3.63) is 64.3 Å². The minimum Gasteiger partial charge on any atom is -0.354 e. The number of piperidine rings is 1. The Kier molecular flexibility index (Phi) is 5.57. The van der Waals surface area contributed by atoms with E-state index in [1.54, 1.807) is 12.3 Å². The SMILES string of the molecule is CCCC(=O)NC[C@H]1[C@H]2C[C@H](CN(Cc3cccnc3)C2)c2cccc(=O)n21. The molecule has 6 nitrogen and oxygen atoms in total. The Balaban J connectivity index is 1.58. The summed E-state index contributed by atoms with van der Waals surface area (Å²) in [6, 6.07) is 9.67. The maximum absolute atomic E-state index is 12.7. The Morgan fingerprint density at radius 2 is 2.14 bits per heavy atom. The first kappa shape index (κ1) is 18.9. The molecule has 0 saturated carbocycles. The Hall–Kier alpha value is -2.47. The Morgan fingerprint density at radius 1 is 1.25 bits per heavy atom. The summed E-state index contributed by atoms with van der Waals surface area (Å²) in [7, 11) is 0. The summed E-state index contributed by atoms with van der Waals surface area (Å²) in [5.41, 5.74) is 2.36. The molecule has 2 aliphatic heterocycles. The van der Waals surface area contributed by atoms with Gasteiger partial charge in [0.05, 0.1) is 6.04 Å². The van der Waals surface area contributed by atoms with Crippen molar-refractivity contribution in [2.45, 2.75) is 44.7 Å². The lowest BCUT2D eigenvalue weighted by molar-refractivity contribution is -0.121. The molecule has 4 heterocycles. The molecular formula is C22H28N4O2. The van der Waals surface area contributed by atoms with Crippen molar-refractivity contribution in [2.24, 2.45) is 5.92 Å². The number of rotatable bonds is 6. The van der Waals surface area contributed by atoms with E-state index >= 15 is 0 Å². The second-order valence-electron chi connectivity index (χ2n) is 8.03. The monoisotopic (exact) mass is 380 g/mol. The van der Waals surface area contributed by atoms with Crippen molar-refractivity contribution in [2.75, 3.05) is 19.6 Å². The summed E-state index contributed by atoms with van der Waals surface area (Å²) in [4.78, 5) is 31.4. The molecule has 1 saturated heterocycles. The van der Waals surface area contributed by atoms with E-state index in [1.807, 2.05) is 29.8 Å². The Bertz CT molecular complexity index is 880. The fourth-order valence-corrected chi connectivity index (χ4v) is 4.81. The molecule has 0 radical (unpaired) electrons. The van der Waals surface area contributed by atoms with Crippen LogP contribution in [0.2, 0.25) is 0 Å². The van der Waals surface area contributed by atoms with Gasteiger partial charge in [-0.3, -0.25) is 19.5 Å². The molecule has 0 aliphatic carbocycles. The first-order valence-electron chi connectivity index (χ1n) is 10.2. The molecule has 4 rings (SSSR count). The van der Waals surface area contributed by atoms with Crippen LogP contribution in [0.5, 0.6) is 0 Å². The topological polar surface area (TPSA) is 67.2 Å². The average Bonchev–Trinajstić information content (AvgIpc) is 2.69. The molecule has 1 fully saturated rings. The van der Waals surface area contributed by atoms with Gasteiger partial charge in [-0.25, -0.2) is 0 Å². The van der Waals surface area contributed by atoms with E-state index < -0.39 is 0 Å². The number of aromatic nitrogens is 2. The highest BCUT2D eigenvalue weighted by atomic mass is 16.1. The number of amides is 1. The van der Waals surface area contributed by atoms with Gasteiger partial charge in [-0.15, -0.1) is 0 Å². The molecule has 6 heteroatoms. The van der Waals surface area contributed by atoms with Gasteiger partial charge in [0.2, 0.25) is 5.91 Å². The molecule has 2 aliphatic rings. The standard InChI is InChI=1S/C22H28N4O2/c1-2-5-21(27)24-12-20-18-10-17(19-7-3-8-22(28)26(19)20)14-25(15-18)13-16-6-4-9-23-11-16/h3-4,6-9,11,17-18,20H,2,5,10,12-15H2,1H3,(H,24,27)/t17-,18+,20+/m1/s1. The van der Waals surface area contributed by atoms with Crippen LogP contribution in [0.1, 0.15) is 49.4 Å². The van der Waals surface area contributed by atoms with Crippen molar-refractivity contribution < 1.29 is 4.79 Å². The molecular weight excluding hydrogens is 352 g/mol. The Morgan fingerprint density at radius 3 is 2.93 bits per heavy atom. The molecule has 28 heavy (non-hydrogen) atoms. The number of hydrogen-bond acceptors (Lipinski definition) is 4. The normalized spacial score (nSPS) is 23.8. The molecule has 2 aromatic rings. The first-order valence-corrected chi connectivity index (χ1v) is 10.2.